The first-order valence-electron chi connectivity index (χ1n) is 8.91. The maximum Gasteiger partial charge on any atom is 0.238 e. The molecular formula is C20H23N3O4S. The lowest BCUT2D eigenvalue weighted by Crippen LogP contribution is -2.32. The molecule has 1 atom stereocenters. The number of rotatable bonds is 5. The first-order valence-corrected chi connectivity index (χ1v) is 10.5. The Morgan fingerprint density at radius 1 is 1.14 bits per heavy atom. The number of hydrogen-bond acceptors (Lipinski definition) is 4. The van der Waals surface area contributed by atoms with Gasteiger partial charge in [0.25, 0.3) is 0 Å². The maximum absolute atomic E-state index is 12.5. The van der Waals surface area contributed by atoms with Crippen LogP contribution in [-0.2, 0) is 26.2 Å². The lowest BCUT2D eigenvalue weighted by molar-refractivity contribution is -0.126. The minimum Gasteiger partial charge on any atom is -0.352 e. The van der Waals surface area contributed by atoms with E-state index >= 15 is 0 Å². The van der Waals surface area contributed by atoms with Crippen molar-refractivity contribution in [2.45, 2.75) is 31.7 Å². The van der Waals surface area contributed by atoms with Gasteiger partial charge in [0.15, 0.2) is 0 Å². The molecule has 0 bridgehead atoms. The molecule has 7 nitrogen and oxygen atoms in total. The zero-order chi connectivity index (χ0) is 20.5. The smallest absolute Gasteiger partial charge is 0.238 e. The summed E-state index contributed by atoms with van der Waals surface area (Å²) in [5.41, 5.74) is 3.70. The molecule has 0 radical (unpaired) electrons. The van der Waals surface area contributed by atoms with Crippen LogP contribution in [0.1, 0.15) is 23.1 Å². The number of hydrogen-bond donors (Lipinski definition) is 2. The molecule has 2 amide bonds. The molecule has 0 spiro atoms. The summed E-state index contributed by atoms with van der Waals surface area (Å²) in [6.07, 6.45) is 0.170. The van der Waals surface area contributed by atoms with Gasteiger partial charge in [-0.25, -0.2) is 13.6 Å². The molecule has 8 heteroatoms. The molecule has 0 saturated carbocycles. The standard InChI is InChI=1S/C20H23N3O4S/c1-13-7-14(2)9-17(8-13)23-12-16(10-19(23)24)20(25)22-11-15-3-5-18(6-4-15)28(21,26)27/h3-9,16H,10-12H2,1-2H3,(H,22,25)(H2,21,26,27). The second-order valence-electron chi connectivity index (χ2n) is 7.16. The largest absolute Gasteiger partial charge is 0.352 e. The van der Waals surface area contributed by atoms with Crippen LogP contribution in [-0.4, -0.2) is 26.8 Å². The lowest BCUT2D eigenvalue weighted by Gasteiger charge is -2.18. The Labute approximate surface area is 164 Å². The fourth-order valence-electron chi connectivity index (χ4n) is 3.37. The number of primary sulfonamides is 1. The van der Waals surface area contributed by atoms with Crippen LogP contribution < -0.4 is 15.4 Å². The molecule has 1 saturated heterocycles. The summed E-state index contributed by atoms with van der Waals surface area (Å²) in [5.74, 6) is -0.685. The van der Waals surface area contributed by atoms with Gasteiger partial charge in [0.2, 0.25) is 21.8 Å². The number of aryl methyl sites for hydroxylation is 2. The van der Waals surface area contributed by atoms with E-state index in [2.05, 4.69) is 5.32 Å². The molecule has 3 rings (SSSR count). The van der Waals surface area contributed by atoms with E-state index in [4.69, 9.17) is 5.14 Å². The predicted molar refractivity (Wildman–Crippen MR) is 106 cm³/mol. The Morgan fingerprint density at radius 2 is 1.75 bits per heavy atom. The number of nitrogens with one attached hydrogen (secondary N) is 1. The van der Waals surface area contributed by atoms with E-state index in [1.165, 1.54) is 12.1 Å². The van der Waals surface area contributed by atoms with Crippen molar-refractivity contribution in [1.29, 1.82) is 0 Å². The van der Waals surface area contributed by atoms with Gasteiger partial charge in [-0.2, -0.15) is 0 Å². The van der Waals surface area contributed by atoms with Crippen LogP contribution in [0.2, 0.25) is 0 Å². The highest BCUT2D eigenvalue weighted by Crippen LogP contribution is 2.27. The molecule has 3 N–H and O–H groups in total. The van der Waals surface area contributed by atoms with E-state index in [0.29, 0.717) is 6.54 Å². The number of carbonyl (C=O) groups excluding carboxylic acids is 2. The molecule has 28 heavy (non-hydrogen) atoms. The minimum absolute atomic E-state index is 0.0213. The Balaban J connectivity index is 1.62. The van der Waals surface area contributed by atoms with Crippen molar-refractivity contribution in [2.24, 2.45) is 11.1 Å². The summed E-state index contributed by atoms with van der Waals surface area (Å²) in [6, 6.07) is 11.9. The summed E-state index contributed by atoms with van der Waals surface area (Å²) < 4.78 is 22.6. The molecular weight excluding hydrogens is 378 g/mol. The highest BCUT2D eigenvalue weighted by Gasteiger charge is 2.35. The Morgan fingerprint density at radius 3 is 2.32 bits per heavy atom. The van der Waals surface area contributed by atoms with Crippen LogP contribution in [0.15, 0.2) is 47.4 Å². The number of nitrogens with two attached hydrogens (primary N) is 1. The quantitative estimate of drug-likeness (QED) is 0.793. The predicted octanol–water partition coefficient (Wildman–Crippen LogP) is 1.62. The third kappa shape index (κ3) is 4.58. The number of sulfonamides is 1. The van der Waals surface area contributed by atoms with E-state index in [9.17, 15) is 18.0 Å². The van der Waals surface area contributed by atoms with Crippen LogP contribution in [0.3, 0.4) is 0 Å². The highest BCUT2D eigenvalue weighted by molar-refractivity contribution is 7.89. The van der Waals surface area contributed by atoms with E-state index in [0.717, 1.165) is 22.4 Å². The number of benzene rings is 2. The summed E-state index contributed by atoms with van der Waals surface area (Å²) in [5, 5.41) is 7.89. The van der Waals surface area contributed by atoms with E-state index in [1.807, 2.05) is 32.0 Å². The Kier molecular flexibility index (Phi) is 5.53. The average molecular weight is 401 g/mol. The molecule has 1 aliphatic rings. The molecule has 1 unspecified atom stereocenters. The second kappa shape index (κ2) is 7.73. The molecule has 1 fully saturated rings. The highest BCUT2D eigenvalue weighted by atomic mass is 32.2. The first-order chi connectivity index (χ1) is 13.1. The van der Waals surface area contributed by atoms with Crippen LogP contribution in [0.5, 0.6) is 0 Å². The van der Waals surface area contributed by atoms with Crippen molar-refractivity contribution in [3.8, 4) is 0 Å². The summed E-state index contributed by atoms with van der Waals surface area (Å²) in [6.45, 7) is 4.54. The van der Waals surface area contributed by atoms with Gasteiger partial charge in [-0.05, 0) is 54.8 Å². The number of anilines is 1. The molecule has 2 aromatic rings. The van der Waals surface area contributed by atoms with Gasteiger partial charge in [0.05, 0.1) is 10.8 Å². The van der Waals surface area contributed by atoms with Gasteiger partial charge in [-0.3, -0.25) is 9.59 Å². The molecule has 1 aliphatic heterocycles. The lowest BCUT2D eigenvalue weighted by atomic mass is 10.1. The van der Waals surface area contributed by atoms with Crippen molar-refractivity contribution < 1.29 is 18.0 Å². The maximum atomic E-state index is 12.5. The van der Waals surface area contributed by atoms with E-state index < -0.39 is 15.9 Å². The molecule has 0 aromatic heterocycles. The molecule has 0 aliphatic carbocycles. The van der Waals surface area contributed by atoms with Crippen molar-refractivity contribution in [1.82, 2.24) is 5.32 Å². The van der Waals surface area contributed by atoms with Gasteiger partial charge < -0.3 is 10.2 Å². The topological polar surface area (TPSA) is 110 Å². The van der Waals surface area contributed by atoms with Crippen LogP contribution in [0.4, 0.5) is 5.69 Å². The Hall–Kier alpha value is -2.71. The zero-order valence-corrected chi connectivity index (χ0v) is 16.6. The molecule has 1 heterocycles. The van der Waals surface area contributed by atoms with Gasteiger partial charge in [-0.1, -0.05) is 18.2 Å². The van der Waals surface area contributed by atoms with Crippen LogP contribution in [0, 0.1) is 19.8 Å². The zero-order valence-electron chi connectivity index (χ0n) is 15.8. The molecule has 2 aromatic carbocycles. The van der Waals surface area contributed by atoms with Gasteiger partial charge in [0, 0.05) is 25.2 Å². The normalized spacial score (nSPS) is 17.0. The summed E-state index contributed by atoms with van der Waals surface area (Å²) >= 11 is 0. The van der Waals surface area contributed by atoms with Gasteiger partial charge >= 0.3 is 0 Å². The average Bonchev–Trinajstić information content (AvgIpc) is 3.00. The van der Waals surface area contributed by atoms with Crippen molar-refractivity contribution >= 4 is 27.5 Å². The molecule has 148 valence electrons. The van der Waals surface area contributed by atoms with Crippen molar-refractivity contribution in [2.75, 3.05) is 11.4 Å². The van der Waals surface area contributed by atoms with Crippen molar-refractivity contribution in [3.63, 3.8) is 0 Å². The fourth-order valence-corrected chi connectivity index (χ4v) is 3.89. The minimum atomic E-state index is -3.74. The van der Waals surface area contributed by atoms with E-state index in [1.54, 1.807) is 17.0 Å². The fraction of sp³-hybridized carbons (Fsp3) is 0.300. The summed E-state index contributed by atoms with van der Waals surface area (Å²) in [4.78, 5) is 26.6. The van der Waals surface area contributed by atoms with Gasteiger partial charge in [-0.15, -0.1) is 0 Å². The third-order valence-electron chi connectivity index (χ3n) is 4.73. The first kappa shape index (κ1) is 20.0. The van der Waals surface area contributed by atoms with E-state index in [-0.39, 0.29) is 29.7 Å². The summed E-state index contributed by atoms with van der Waals surface area (Å²) in [7, 11) is -3.74. The van der Waals surface area contributed by atoms with Crippen molar-refractivity contribution in [3.05, 3.63) is 59.2 Å². The number of amides is 2. The monoisotopic (exact) mass is 401 g/mol. The SMILES string of the molecule is Cc1cc(C)cc(N2CC(C(=O)NCc3ccc(S(N)(=O)=O)cc3)CC2=O)c1. The Bertz CT molecular complexity index is 996. The van der Waals surface area contributed by atoms with Crippen LogP contribution in [0.25, 0.3) is 0 Å². The number of carbonyl (C=O) groups is 2. The van der Waals surface area contributed by atoms with Crippen LogP contribution >= 0.6 is 0 Å². The second-order valence-corrected chi connectivity index (χ2v) is 8.72. The third-order valence-corrected chi connectivity index (χ3v) is 5.66. The van der Waals surface area contributed by atoms with Gasteiger partial charge in [0.1, 0.15) is 0 Å². The number of nitrogens with zero attached hydrogens (tertiary/aromatic N) is 1.